The number of carbonyl (C=O) groups excluding carboxylic acids is 1. The maximum absolute atomic E-state index is 13.2. The van der Waals surface area contributed by atoms with E-state index in [-0.39, 0.29) is 11.7 Å². The molecule has 5 heteroatoms. The molecule has 21 heavy (non-hydrogen) atoms. The summed E-state index contributed by atoms with van der Waals surface area (Å²) >= 11 is 7.39. The molecule has 0 aliphatic carbocycles. The van der Waals surface area contributed by atoms with E-state index in [0.717, 1.165) is 15.6 Å². The van der Waals surface area contributed by atoms with Crippen LogP contribution in [0.15, 0.2) is 48.5 Å². The molecular formula is C16H11ClFNOS. The number of hydrogen-bond acceptors (Lipinski definition) is 2. The van der Waals surface area contributed by atoms with Crippen molar-refractivity contribution >= 4 is 38.9 Å². The normalized spacial score (nSPS) is 10.8. The van der Waals surface area contributed by atoms with Gasteiger partial charge in [0.05, 0.1) is 4.88 Å². The van der Waals surface area contributed by atoms with E-state index in [1.54, 1.807) is 18.2 Å². The standard InChI is InChI=1S/C16H11ClFNOS/c17-13-4-2-1-3-10(13)9-19-16(20)15-8-11-7-12(18)5-6-14(11)21-15/h1-8H,9H2,(H,19,20). The molecule has 0 fully saturated rings. The molecule has 2 nitrogen and oxygen atoms in total. The smallest absolute Gasteiger partial charge is 0.261 e. The minimum absolute atomic E-state index is 0.184. The Balaban J connectivity index is 1.76. The monoisotopic (exact) mass is 319 g/mol. The summed E-state index contributed by atoms with van der Waals surface area (Å²) in [5, 5.41) is 4.19. The first-order valence-corrected chi connectivity index (χ1v) is 7.53. The lowest BCUT2D eigenvalue weighted by Crippen LogP contribution is -2.21. The number of nitrogens with one attached hydrogen (secondary N) is 1. The van der Waals surface area contributed by atoms with Gasteiger partial charge < -0.3 is 5.32 Å². The summed E-state index contributed by atoms with van der Waals surface area (Å²) < 4.78 is 14.0. The molecule has 0 aliphatic heterocycles. The molecule has 3 rings (SSSR count). The molecule has 0 saturated heterocycles. The van der Waals surface area contributed by atoms with Crippen molar-refractivity contribution in [3.05, 3.63) is 69.8 Å². The van der Waals surface area contributed by atoms with Crippen molar-refractivity contribution in [2.75, 3.05) is 0 Å². The molecule has 0 atom stereocenters. The van der Waals surface area contributed by atoms with Crippen LogP contribution in [0.5, 0.6) is 0 Å². The first kappa shape index (κ1) is 14.0. The maximum atomic E-state index is 13.2. The van der Waals surface area contributed by atoms with E-state index >= 15 is 0 Å². The van der Waals surface area contributed by atoms with Gasteiger partial charge in [0.25, 0.3) is 5.91 Å². The Morgan fingerprint density at radius 3 is 2.81 bits per heavy atom. The number of carbonyl (C=O) groups is 1. The number of hydrogen-bond donors (Lipinski definition) is 1. The van der Waals surface area contributed by atoms with Crippen molar-refractivity contribution in [1.82, 2.24) is 5.32 Å². The Bertz CT molecular complexity index is 815. The first-order valence-electron chi connectivity index (χ1n) is 6.34. The van der Waals surface area contributed by atoms with Crippen LogP contribution in [0.25, 0.3) is 10.1 Å². The van der Waals surface area contributed by atoms with Crippen LogP contribution in [0.4, 0.5) is 4.39 Å². The van der Waals surface area contributed by atoms with Gasteiger partial charge >= 0.3 is 0 Å². The molecule has 1 heterocycles. The van der Waals surface area contributed by atoms with Crippen molar-refractivity contribution < 1.29 is 9.18 Å². The van der Waals surface area contributed by atoms with Crippen LogP contribution in [0.3, 0.4) is 0 Å². The molecule has 1 N–H and O–H groups in total. The third-order valence-corrected chi connectivity index (χ3v) is 4.58. The highest BCUT2D eigenvalue weighted by Crippen LogP contribution is 2.26. The summed E-state index contributed by atoms with van der Waals surface area (Å²) in [4.78, 5) is 12.7. The van der Waals surface area contributed by atoms with Crippen molar-refractivity contribution in [3.8, 4) is 0 Å². The fourth-order valence-corrected chi connectivity index (χ4v) is 3.19. The Morgan fingerprint density at radius 2 is 2.00 bits per heavy atom. The fraction of sp³-hybridized carbons (Fsp3) is 0.0625. The molecular weight excluding hydrogens is 309 g/mol. The number of thiophene rings is 1. The topological polar surface area (TPSA) is 29.1 Å². The minimum Gasteiger partial charge on any atom is -0.347 e. The van der Waals surface area contributed by atoms with Crippen LogP contribution in [0.1, 0.15) is 15.2 Å². The first-order chi connectivity index (χ1) is 10.1. The van der Waals surface area contributed by atoms with Gasteiger partial charge in [-0.25, -0.2) is 4.39 Å². The van der Waals surface area contributed by atoms with Gasteiger partial charge in [-0.15, -0.1) is 11.3 Å². The summed E-state index contributed by atoms with van der Waals surface area (Å²) in [6, 6.07) is 13.6. The Labute approximate surface area is 130 Å². The van der Waals surface area contributed by atoms with Gasteiger partial charge in [0, 0.05) is 16.3 Å². The van der Waals surface area contributed by atoms with Crippen LogP contribution < -0.4 is 5.32 Å². The molecule has 3 aromatic rings. The lowest BCUT2D eigenvalue weighted by atomic mass is 10.2. The van der Waals surface area contributed by atoms with Gasteiger partial charge in [-0.2, -0.15) is 0 Å². The van der Waals surface area contributed by atoms with Gasteiger partial charge in [-0.1, -0.05) is 29.8 Å². The van der Waals surface area contributed by atoms with E-state index < -0.39 is 0 Å². The summed E-state index contributed by atoms with van der Waals surface area (Å²) in [7, 11) is 0. The second-order valence-electron chi connectivity index (χ2n) is 4.57. The number of rotatable bonds is 3. The number of halogens is 2. The van der Waals surface area contributed by atoms with Crippen LogP contribution >= 0.6 is 22.9 Å². The quantitative estimate of drug-likeness (QED) is 0.749. The second kappa shape index (κ2) is 5.84. The van der Waals surface area contributed by atoms with Crippen molar-refractivity contribution in [1.29, 1.82) is 0 Å². The van der Waals surface area contributed by atoms with Gasteiger partial charge in [0.2, 0.25) is 0 Å². The molecule has 0 aliphatic rings. The Morgan fingerprint density at radius 1 is 1.19 bits per heavy atom. The Kier molecular flexibility index (Phi) is 3.90. The molecule has 0 radical (unpaired) electrons. The number of fused-ring (bicyclic) bond motifs is 1. The van der Waals surface area contributed by atoms with Crippen LogP contribution in [-0.4, -0.2) is 5.91 Å². The zero-order valence-corrected chi connectivity index (χ0v) is 12.5. The average molecular weight is 320 g/mol. The van der Waals surface area contributed by atoms with Gasteiger partial charge in [0.1, 0.15) is 5.82 Å². The van der Waals surface area contributed by atoms with Crippen molar-refractivity contribution in [2.45, 2.75) is 6.54 Å². The van der Waals surface area contributed by atoms with Gasteiger partial charge in [0.15, 0.2) is 0 Å². The highest BCUT2D eigenvalue weighted by atomic mass is 35.5. The SMILES string of the molecule is O=C(NCc1ccccc1Cl)c1cc2cc(F)ccc2s1. The molecule has 1 aromatic heterocycles. The summed E-state index contributed by atoms with van der Waals surface area (Å²) in [6.07, 6.45) is 0. The third kappa shape index (κ3) is 3.06. The molecule has 0 bridgehead atoms. The average Bonchev–Trinajstić information content (AvgIpc) is 2.89. The lowest BCUT2D eigenvalue weighted by molar-refractivity contribution is 0.0955. The van der Waals surface area contributed by atoms with Crippen LogP contribution in [0, 0.1) is 5.82 Å². The summed E-state index contributed by atoms with van der Waals surface area (Å²) in [5.41, 5.74) is 0.861. The predicted molar refractivity (Wildman–Crippen MR) is 84.4 cm³/mol. The number of amides is 1. The summed E-state index contributed by atoms with van der Waals surface area (Å²) in [5.74, 6) is -0.486. The van der Waals surface area contributed by atoms with E-state index in [1.165, 1.54) is 23.5 Å². The lowest BCUT2D eigenvalue weighted by Gasteiger charge is -2.05. The minimum atomic E-state index is -0.302. The molecule has 0 spiro atoms. The molecule has 0 saturated carbocycles. The van der Waals surface area contributed by atoms with Crippen molar-refractivity contribution in [3.63, 3.8) is 0 Å². The molecule has 1 amide bonds. The Hall–Kier alpha value is -1.91. The molecule has 2 aromatic carbocycles. The zero-order valence-electron chi connectivity index (χ0n) is 10.9. The van der Waals surface area contributed by atoms with E-state index in [0.29, 0.717) is 16.4 Å². The van der Waals surface area contributed by atoms with Gasteiger partial charge in [-0.05, 0) is 41.3 Å². The zero-order chi connectivity index (χ0) is 14.8. The van der Waals surface area contributed by atoms with Crippen molar-refractivity contribution in [2.24, 2.45) is 0 Å². The van der Waals surface area contributed by atoms with Gasteiger partial charge in [-0.3, -0.25) is 4.79 Å². The highest BCUT2D eigenvalue weighted by molar-refractivity contribution is 7.20. The summed E-state index contributed by atoms with van der Waals surface area (Å²) in [6.45, 7) is 0.362. The third-order valence-electron chi connectivity index (χ3n) is 3.10. The second-order valence-corrected chi connectivity index (χ2v) is 6.06. The van der Waals surface area contributed by atoms with E-state index in [1.807, 2.05) is 18.2 Å². The fourth-order valence-electron chi connectivity index (χ4n) is 2.03. The van der Waals surface area contributed by atoms with E-state index in [2.05, 4.69) is 5.32 Å². The highest BCUT2D eigenvalue weighted by Gasteiger charge is 2.11. The largest absolute Gasteiger partial charge is 0.347 e. The number of benzene rings is 2. The van der Waals surface area contributed by atoms with E-state index in [4.69, 9.17) is 11.6 Å². The molecule has 106 valence electrons. The molecule has 0 unspecified atom stereocenters. The van der Waals surface area contributed by atoms with Crippen LogP contribution in [-0.2, 0) is 6.54 Å². The van der Waals surface area contributed by atoms with E-state index in [9.17, 15) is 9.18 Å². The van der Waals surface area contributed by atoms with Crippen LogP contribution in [0.2, 0.25) is 5.02 Å². The maximum Gasteiger partial charge on any atom is 0.261 e. The predicted octanol–water partition coefficient (Wildman–Crippen LogP) is 4.62.